The van der Waals surface area contributed by atoms with Gasteiger partial charge in [-0.15, -0.1) is 0 Å². The van der Waals surface area contributed by atoms with Gasteiger partial charge in [0, 0.05) is 50.9 Å². The molecule has 158 valence electrons. The van der Waals surface area contributed by atoms with Crippen LogP contribution in [-0.2, 0) is 14.3 Å². The van der Waals surface area contributed by atoms with Crippen LogP contribution >= 0.6 is 0 Å². The largest absolute Gasteiger partial charge is 0.497 e. The molecule has 2 aliphatic heterocycles. The van der Waals surface area contributed by atoms with Crippen LogP contribution in [0.25, 0.3) is 6.08 Å². The normalized spacial score (nSPS) is 18.1. The Morgan fingerprint density at radius 1 is 1.00 bits per heavy atom. The molecule has 3 rings (SSSR count). The first-order valence-electron chi connectivity index (χ1n) is 9.87. The van der Waals surface area contributed by atoms with E-state index < -0.39 is 0 Å². The molecule has 1 aromatic carbocycles. The Labute approximate surface area is 171 Å². The Morgan fingerprint density at radius 3 is 2.38 bits per heavy atom. The highest BCUT2D eigenvalue weighted by Gasteiger charge is 2.24. The predicted molar refractivity (Wildman–Crippen MR) is 109 cm³/mol. The SMILES string of the molecule is COc1ccc(OC)c(/C=C/C(=O)N2CCN(CC(=O)N3CCOCC3)CC2)c1. The lowest BCUT2D eigenvalue weighted by Crippen LogP contribution is -2.52. The second-order valence-corrected chi connectivity index (χ2v) is 7.04. The third-order valence-corrected chi connectivity index (χ3v) is 5.25. The Hall–Kier alpha value is -2.58. The van der Waals surface area contributed by atoms with Crippen LogP contribution in [0.5, 0.6) is 11.5 Å². The van der Waals surface area contributed by atoms with E-state index in [1.165, 1.54) is 0 Å². The van der Waals surface area contributed by atoms with Crippen molar-refractivity contribution in [1.29, 1.82) is 0 Å². The molecule has 8 heteroatoms. The van der Waals surface area contributed by atoms with Gasteiger partial charge in [-0.2, -0.15) is 0 Å². The Kier molecular flexibility index (Phi) is 7.48. The minimum absolute atomic E-state index is 0.0472. The first-order valence-corrected chi connectivity index (χ1v) is 9.87. The molecule has 2 amide bonds. The van der Waals surface area contributed by atoms with Crippen molar-refractivity contribution in [3.8, 4) is 11.5 Å². The molecule has 8 nitrogen and oxygen atoms in total. The molecule has 29 heavy (non-hydrogen) atoms. The number of morpholine rings is 1. The zero-order chi connectivity index (χ0) is 20.6. The first-order chi connectivity index (χ1) is 14.1. The van der Waals surface area contributed by atoms with Crippen molar-refractivity contribution < 1.29 is 23.8 Å². The summed E-state index contributed by atoms with van der Waals surface area (Å²) >= 11 is 0. The molecule has 0 aromatic heterocycles. The molecule has 0 N–H and O–H groups in total. The van der Waals surface area contributed by atoms with Gasteiger partial charge in [0.1, 0.15) is 11.5 Å². The van der Waals surface area contributed by atoms with E-state index in [-0.39, 0.29) is 11.8 Å². The third kappa shape index (κ3) is 5.71. The van der Waals surface area contributed by atoms with E-state index in [9.17, 15) is 9.59 Å². The van der Waals surface area contributed by atoms with E-state index in [0.717, 1.165) is 5.56 Å². The minimum atomic E-state index is -0.0472. The van der Waals surface area contributed by atoms with E-state index in [0.29, 0.717) is 70.5 Å². The summed E-state index contributed by atoms with van der Waals surface area (Å²) in [5.41, 5.74) is 0.787. The topological polar surface area (TPSA) is 71.6 Å². The number of methoxy groups -OCH3 is 2. The lowest BCUT2D eigenvalue weighted by Gasteiger charge is -2.35. The van der Waals surface area contributed by atoms with Crippen LogP contribution in [0.3, 0.4) is 0 Å². The lowest BCUT2D eigenvalue weighted by atomic mass is 10.1. The van der Waals surface area contributed by atoms with Gasteiger partial charge in [0.2, 0.25) is 11.8 Å². The summed E-state index contributed by atoms with van der Waals surface area (Å²) in [6.07, 6.45) is 3.31. The fraction of sp³-hybridized carbons (Fsp3) is 0.524. The summed E-state index contributed by atoms with van der Waals surface area (Å²) in [7, 11) is 3.20. The average molecular weight is 403 g/mol. The van der Waals surface area contributed by atoms with Crippen molar-refractivity contribution in [2.24, 2.45) is 0 Å². The van der Waals surface area contributed by atoms with Gasteiger partial charge in [0.25, 0.3) is 0 Å². The molecular weight excluding hydrogens is 374 g/mol. The second kappa shape index (κ2) is 10.3. The van der Waals surface area contributed by atoms with Crippen molar-refractivity contribution in [3.05, 3.63) is 29.8 Å². The quantitative estimate of drug-likeness (QED) is 0.652. The summed E-state index contributed by atoms with van der Waals surface area (Å²) in [5.74, 6) is 1.48. The van der Waals surface area contributed by atoms with Gasteiger partial charge in [-0.1, -0.05) is 0 Å². The molecule has 0 saturated carbocycles. The first kappa shape index (κ1) is 21.1. The molecule has 2 fully saturated rings. The Morgan fingerprint density at radius 2 is 1.72 bits per heavy atom. The van der Waals surface area contributed by atoms with Gasteiger partial charge in [0.05, 0.1) is 34.0 Å². The highest BCUT2D eigenvalue weighted by Crippen LogP contribution is 2.25. The lowest BCUT2D eigenvalue weighted by molar-refractivity contribution is -0.137. The summed E-state index contributed by atoms with van der Waals surface area (Å²) in [6.45, 7) is 5.54. The van der Waals surface area contributed by atoms with E-state index in [1.54, 1.807) is 31.3 Å². The Bertz CT molecular complexity index is 738. The molecule has 2 saturated heterocycles. The summed E-state index contributed by atoms with van der Waals surface area (Å²) in [6, 6.07) is 5.46. The smallest absolute Gasteiger partial charge is 0.246 e. The number of rotatable bonds is 6. The van der Waals surface area contributed by atoms with Gasteiger partial charge in [0.15, 0.2) is 0 Å². The van der Waals surface area contributed by atoms with Crippen molar-refractivity contribution >= 4 is 17.9 Å². The Balaban J connectivity index is 1.50. The average Bonchev–Trinajstić information content (AvgIpc) is 2.78. The zero-order valence-electron chi connectivity index (χ0n) is 17.1. The molecule has 2 aliphatic rings. The van der Waals surface area contributed by atoms with E-state index >= 15 is 0 Å². The molecule has 0 radical (unpaired) electrons. The number of carbonyl (C=O) groups is 2. The number of hydrogen-bond donors (Lipinski definition) is 0. The third-order valence-electron chi connectivity index (χ3n) is 5.25. The maximum absolute atomic E-state index is 12.6. The van der Waals surface area contributed by atoms with Crippen LogP contribution in [0, 0.1) is 0 Å². The zero-order valence-corrected chi connectivity index (χ0v) is 17.1. The number of piperazine rings is 1. The molecule has 0 aliphatic carbocycles. The standard InChI is InChI=1S/C21H29N3O5/c1-27-18-4-5-19(28-2)17(15-18)3-6-20(25)23-9-7-22(8-10-23)16-21(26)24-11-13-29-14-12-24/h3-6,15H,7-14,16H2,1-2H3/b6-3+. The van der Waals surface area contributed by atoms with E-state index in [2.05, 4.69) is 4.90 Å². The predicted octanol–water partition coefficient (Wildman–Crippen LogP) is 0.720. The molecule has 0 unspecified atom stereocenters. The van der Waals surface area contributed by atoms with E-state index in [4.69, 9.17) is 14.2 Å². The fourth-order valence-electron chi connectivity index (χ4n) is 3.47. The second-order valence-electron chi connectivity index (χ2n) is 7.04. The number of benzene rings is 1. The molecule has 0 atom stereocenters. The van der Waals surface area contributed by atoms with Crippen LogP contribution in [0.1, 0.15) is 5.56 Å². The number of hydrogen-bond acceptors (Lipinski definition) is 6. The van der Waals surface area contributed by atoms with Crippen LogP contribution < -0.4 is 9.47 Å². The van der Waals surface area contributed by atoms with E-state index in [1.807, 2.05) is 23.1 Å². The molecule has 0 bridgehead atoms. The number of amides is 2. The highest BCUT2D eigenvalue weighted by atomic mass is 16.5. The van der Waals surface area contributed by atoms with Crippen LogP contribution in [-0.4, -0.2) is 99.8 Å². The molecule has 0 spiro atoms. The number of carbonyl (C=O) groups excluding carboxylic acids is 2. The van der Waals surface area contributed by atoms with Crippen LogP contribution in [0.2, 0.25) is 0 Å². The van der Waals surface area contributed by atoms with Crippen molar-refractivity contribution in [2.45, 2.75) is 0 Å². The van der Waals surface area contributed by atoms with Gasteiger partial charge < -0.3 is 24.0 Å². The monoisotopic (exact) mass is 403 g/mol. The van der Waals surface area contributed by atoms with Crippen LogP contribution in [0.4, 0.5) is 0 Å². The highest BCUT2D eigenvalue weighted by molar-refractivity contribution is 5.92. The summed E-state index contributed by atoms with van der Waals surface area (Å²) in [5, 5.41) is 0. The van der Waals surface area contributed by atoms with Crippen molar-refractivity contribution in [3.63, 3.8) is 0 Å². The maximum Gasteiger partial charge on any atom is 0.246 e. The van der Waals surface area contributed by atoms with Gasteiger partial charge >= 0.3 is 0 Å². The fourth-order valence-corrected chi connectivity index (χ4v) is 3.47. The molecule has 1 aromatic rings. The van der Waals surface area contributed by atoms with Gasteiger partial charge in [-0.25, -0.2) is 0 Å². The summed E-state index contributed by atoms with van der Waals surface area (Å²) in [4.78, 5) is 30.7. The van der Waals surface area contributed by atoms with Crippen LogP contribution in [0.15, 0.2) is 24.3 Å². The minimum Gasteiger partial charge on any atom is -0.497 e. The van der Waals surface area contributed by atoms with Gasteiger partial charge in [-0.3, -0.25) is 14.5 Å². The maximum atomic E-state index is 12.6. The summed E-state index contributed by atoms with van der Waals surface area (Å²) < 4.78 is 15.9. The number of ether oxygens (including phenoxy) is 3. The molecule has 2 heterocycles. The van der Waals surface area contributed by atoms with Crippen molar-refractivity contribution in [2.75, 3.05) is 73.2 Å². The van der Waals surface area contributed by atoms with Gasteiger partial charge in [-0.05, 0) is 24.3 Å². The molecular formula is C21H29N3O5. The number of nitrogens with zero attached hydrogens (tertiary/aromatic N) is 3. The van der Waals surface area contributed by atoms with Crippen molar-refractivity contribution in [1.82, 2.24) is 14.7 Å².